The summed E-state index contributed by atoms with van der Waals surface area (Å²) >= 11 is 0.816. The van der Waals surface area contributed by atoms with Crippen LogP contribution in [0.25, 0.3) is 32.4 Å². The molecule has 3 aromatic heterocycles. The zero-order valence-electron chi connectivity index (χ0n) is 24.4. The third-order valence-corrected chi connectivity index (χ3v) is 10.1. The standard InChI is InChI=1S/C30H30F4N8O2S/c1-3-20(43)41-8-5-16(13-41)40(2)27-17-11-36-24(21-18(32)9-19(33)26-25(21)37-28(35)45-26)22(34)23(17)38-29(39-27)44-14-30-6-4-7-42(30)12-15(31)10-30/h3,9,11,15-16H,1,4-8,10,12-14H2,2H3,(H2,35,37)/t15-,16-,30+/m1/s1. The number of thiazole rings is 1. The topological polar surface area (TPSA) is 114 Å². The van der Waals surface area contributed by atoms with E-state index in [2.05, 4.69) is 31.4 Å². The maximum Gasteiger partial charge on any atom is 0.319 e. The Kier molecular flexibility index (Phi) is 7.27. The van der Waals surface area contributed by atoms with E-state index in [1.807, 2.05) is 4.90 Å². The van der Waals surface area contributed by atoms with Gasteiger partial charge < -0.3 is 20.3 Å². The van der Waals surface area contributed by atoms with Gasteiger partial charge in [-0.05, 0) is 31.9 Å². The summed E-state index contributed by atoms with van der Waals surface area (Å²) in [6.07, 6.45) is 4.22. The highest BCUT2D eigenvalue weighted by atomic mass is 32.1. The highest BCUT2D eigenvalue weighted by Crippen LogP contribution is 2.42. The van der Waals surface area contributed by atoms with Gasteiger partial charge in [0.1, 0.15) is 41.4 Å². The number of benzene rings is 1. The number of fused-ring (bicyclic) bond motifs is 3. The molecule has 1 aromatic carbocycles. The van der Waals surface area contributed by atoms with Crippen molar-refractivity contribution in [3.8, 4) is 17.3 Å². The number of carbonyl (C=O) groups is 1. The number of nitrogens with two attached hydrogens (primary N) is 1. The number of alkyl halides is 1. The first-order valence-corrected chi connectivity index (χ1v) is 15.5. The van der Waals surface area contributed by atoms with E-state index < -0.39 is 34.9 Å². The predicted octanol–water partition coefficient (Wildman–Crippen LogP) is 4.48. The molecule has 0 aliphatic carbocycles. The third kappa shape index (κ3) is 4.92. The molecule has 15 heteroatoms. The van der Waals surface area contributed by atoms with Crippen LogP contribution in [0.2, 0.25) is 0 Å². The van der Waals surface area contributed by atoms with Crippen molar-refractivity contribution in [2.75, 3.05) is 50.5 Å². The van der Waals surface area contributed by atoms with Crippen molar-refractivity contribution < 1.29 is 27.1 Å². The Labute approximate surface area is 259 Å². The van der Waals surface area contributed by atoms with Crippen molar-refractivity contribution in [1.29, 1.82) is 0 Å². The van der Waals surface area contributed by atoms with Crippen LogP contribution in [0.5, 0.6) is 6.01 Å². The lowest BCUT2D eigenvalue weighted by atomic mass is 9.95. The summed E-state index contributed by atoms with van der Waals surface area (Å²) in [4.78, 5) is 35.2. The fourth-order valence-corrected chi connectivity index (χ4v) is 7.74. The van der Waals surface area contributed by atoms with E-state index in [0.29, 0.717) is 44.4 Å². The van der Waals surface area contributed by atoms with Gasteiger partial charge in [0.05, 0.1) is 26.7 Å². The molecule has 3 aliphatic heterocycles. The minimum Gasteiger partial charge on any atom is -0.461 e. The Morgan fingerprint density at radius 3 is 2.84 bits per heavy atom. The van der Waals surface area contributed by atoms with Crippen LogP contribution in [0.4, 0.5) is 28.5 Å². The maximum atomic E-state index is 16.5. The summed E-state index contributed by atoms with van der Waals surface area (Å²) in [7, 11) is 1.77. The van der Waals surface area contributed by atoms with E-state index in [4.69, 9.17) is 10.5 Å². The summed E-state index contributed by atoms with van der Waals surface area (Å²) in [6, 6.07) is 0.335. The Balaban J connectivity index is 1.33. The number of anilines is 2. The van der Waals surface area contributed by atoms with Gasteiger partial charge in [-0.3, -0.25) is 14.7 Å². The number of nitrogens with zero attached hydrogens (tertiary/aromatic N) is 7. The fraction of sp³-hybridized carbons (Fsp3) is 0.433. The van der Waals surface area contributed by atoms with Crippen molar-refractivity contribution in [1.82, 2.24) is 29.7 Å². The fourth-order valence-electron chi connectivity index (χ4n) is 6.99. The van der Waals surface area contributed by atoms with Gasteiger partial charge in [-0.2, -0.15) is 9.97 Å². The van der Waals surface area contributed by atoms with E-state index in [0.717, 1.165) is 30.7 Å². The number of likely N-dealkylation sites (N-methyl/N-ethyl adjacent to an activating group) is 1. The molecular formula is C30H30F4N8O2S. The summed E-state index contributed by atoms with van der Waals surface area (Å²) in [5.74, 6) is -2.80. The molecule has 236 valence electrons. The molecule has 3 aliphatic rings. The van der Waals surface area contributed by atoms with Gasteiger partial charge in [-0.15, -0.1) is 0 Å². The van der Waals surface area contributed by atoms with Gasteiger partial charge in [0, 0.05) is 51.4 Å². The monoisotopic (exact) mass is 642 g/mol. The second-order valence-corrected chi connectivity index (χ2v) is 12.9. The summed E-state index contributed by atoms with van der Waals surface area (Å²) < 4.78 is 66.8. The Bertz CT molecular complexity index is 1860. The summed E-state index contributed by atoms with van der Waals surface area (Å²) in [5.41, 5.74) is 4.18. The molecule has 3 fully saturated rings. The van der Waals surface area contributed by atoms with Crippen LogP contribution in [-0.2, 0) is 4.79 Å². The summed E-state index contributed by atoms with van der Waals surface area (Å²) in [5, 5.41) is 0.212. The molecule has 2 N–H and O–H groups in total. The number of rotatable bonds is 7. The van der Waals surface area contributed by atoms with Gasteiger partial charge in [0.2, 0.25) is 5.91 Å². The van der Waals surface area contributed by atoms with Gasteiger partial charge in [-0.1, -0.05) is 17.9 Å². The molecule has 0 bridgehead atoms. The van der Waals surface area contributed by atoms with E-state index in [1.54, 1.807) is 11.9 Å². The molecule has 0 spiro atoms. The van der Waals surface area contributed by atoms with Crippen LogP contribution in [-0.4, -0.2) is 93.2 Å². The van der Waals surface area contributed by atoms with Crippen LogP contribution in [0.3, 0.4) is 0 Å². The van der Waals surface area contributed by atoms with Crippen LogP contribution < -0.4 is 15.4 Å². The van der Waals surface area contributed by atoms with Crippen molar-refractivity contribution in [3.63, 3.8) is 0 Å². The first kappa shape index (κ1) is 29.6. The normalized spacial score (nSPS) is 23.3. The van der Waals surface area contributed by atoms with Crippen LogP contribution in [0, 0.1) is 17.5 Å². The minimum atomic E-state index is -1.06. The number of hydrogen-bond donors (Lipinski definition) is 1. The number of aromatic nitrogens is 4. The number of hydrogen-bond acceptors (Lipinski definition) is 10. The van der Waals surface area contributed by atoms with Crippen molar-refractivity contribution in [3.05, 3.63) is 42.4 Å². The highest BCUT2D eigenvalue weighted by molar-refractivity contribution is 7.22. The lowest BCUT2D eigenvalue weighted by molar-refractivity contribution is -0.125. The maximum absolute atomic E-state index is 16.5. The molecule has 7 rings (SSSR count). The zero-order valence-corrected chi connectivity index (χ0v) is 25.2. The average molecular weight is 643 g/mol. The van der Waals surface area contributed by atoms with Gasteiger partial charge in [-0.25, -0.2) is 22.5 Å². The summed E-state index contributed by atoms with van der Waals surface area (Å²) in [6.45, 7) is 5.66. The largest absolute Gasteiger partial charge is 0.461 e. The number of nitrogen functional groups attached to an aromatic ring is 1. The molecular weight excluding hydrogens is 612 g/mol. The molecule has 45 heavy (non-hydrogen) atoms. The first-order valence-electron chi connectivity index (χ1n) is 14.7. The van der Waals surface area contributed by atoms with Crippen LogP contribution in [0.15, 0.2) is 24.9 Å². The van der Waals surface area contributed by atoms with Gasteiger partial charge >= 0.3 is 6.01 Å². The number of halogens is 4. The molecule has 4 aromatic rings. The van der Waals surface area contributed by atoms with E-state index in [9.17, 15) is 13.6 Å². The van der Waals surface area contributed by atoms with Crippen molar-refractivity contribution >= 4 is 49.3 Å². The lowest BCUT2D eigenvalue weighted by Crippen LogP contribution is -2.43. The molecule has 6 heterocycles. The van der Waals surface area contributed by atoms with Crippen molar-refractivity contribution in [2.45, 2.75) is 43.4 Å². The van der Waals surface area contributed by atoms with Crippen LogP contribution >= 0.6 is 11.3 Å². The Morgan fingerprint density at radius 1 is 1.22 bits per heavy atom. The number of amides is 1. The quantitative estimate of drug-likeness (QED) is 0.230. The second kappa shape index (κ2) is 11.1. The third-order valence-electron chi connectivity index (χ3n) is 9.23. The molecule has 1 amide bonds. The molecule has 10 nitrogen and oxygen atoms in total. The van der Waals surface area contributed by atoms with Crippen molar-refractivity contribution in [2.24, 2.45) is 0 Å². The number of carbonyl (C=O) groups excluding carboxylic acids is 1. The molecule has 0 saturated carbocycles. The molecule has 3 atom stereocenters. The molecule has 0 radical (unpaired) electrons. The molecule has 0 unspecified atom stereocenters. The number of ether oxygens (including phenoxy) is 1. The zero-order chi connectivity index (χ0) is 31.6. The number of likely N-dealkylation sites (tertiary alicyclic amines) is 1. The minimum absolute atomic E-state index is 0.0119. The Morgan fingerprint density at radius 2 is 2.04 bits per heavy atom. The number of pyridine rings is 1. The first-order chi connectivity index (χ1) is 21.6. The molecule has 3 saturated heterocycles. The lowest BCUT2D eigenvalue weighted by Gasteiger charge is -2.31. The van der Waals surface area contributed by atoms with Gasteiger partial charge in [0.15, 0.2) is 10.9 Å². The SMILES string of the molecule is C=CC(=O)N1CC[C@@H](N(C)c2nc(OC[C@@]34CCCN3C[C@H](F)C4)nc3c(F)c(-c4c(F)cc(F)c5sc(N)nc45)ncc23)C1. The smallest absolute Gasteiger partial charge is 0.319 e. The Hall–Kier alpha value is -4.11. The van der Waals surface area contributed by atoms with E-state index in [1.165, 1.54) is 12.3 Å². The predicted molar refractivity (Wildman–Crippen MR) is 162 cm³/mol. The average Bonchev–Trinajstić information content (AvgIpc) is 3.79. The second-order valence-electron chi connectivity index (χ2n) is 11.9. The van der Waals surface area contributed by atoms with Crippen LogP contribution in [0.1, 0.15) is 25.7 Å². The highest BCUT2D eigenvalue weighted by Gasteiger charge is 2.49. The van der Waals surface area contributed by atoms with Gasteiger partial charge in [0.25, 0.3) is 0 Å². The van der Waals surface area contributed by atoms with E-state index in [-0.39, 0.29) is 56.4 Å². The van der Waals surface area contributed by atoms with E-state index >= 15 is 8.78 Å².